The van der Waals surface area contributed by atoms with Crippen LogP contribution in [0.5, 0.6) is 0 Å². The molecule has 0 radical (unpaired) electrons. The maximum Gasteiger partial charge on any atom is 0.222 e. The molecule has 1 aliphatic heterocycles. The molecule has 0 bridgehead atoms. The molecule has 1 rings (SSSR count). The first-order chi connectivity index (χ1) is 5.29. The van der Waals surface area contributed by atoms with Crippen molar-refractivity contribution in [1.29, 1.82) is 0 Å². The largest absolute Gasteiger partial charge is 0.339 e. The summed E-state index contributed by atoms with van der Waals surface area (Å²) in [6.07, 6.45) is 2.97. The van der Waals surface area contributed by atoms with Gasteiger partial charge in [-0.15, -0.1) is 0 Å². The van der Waals surface area contributed by atoms with E-state index in [1.54, 1.807) is 0 Å². The Morgan fingerprint density at radius 2 is 2.45 bits per heavy atom. The van der Waals surface area contributed by atoms with Gasteiger partial charge in [-0.05, 0) is 12.8 Å². The zero-order valence-electron chi connectivity index (χ0n) is 6.85. The Morgan fingerprint density at radius 3 is 3.00 bits per heavy atom. The zero-order chi connectivity index (χ0) is 8.27. The quantitative estimate of drug-likeness (QED) is 0.649. The number of rotatable bonds is 2. The Kier molecular flexibility index (Phi) is 3.37. The average molecular weight is 220 g/mol. The summed E-state index contributed by atoms with van der Waals surface area (Å²) >= 11 is 3.42. The minimum atomic E-state index is 0.298. The summed E-state index contributed by atoms with van der Waals surface area (Å²) in [5.41, 5.74) is 0. The number of nitrogens with zero attached hydrogens (tertiary/aromatic N) is 1. The van der Waals surface area contributed by atoms with Crippen molar-refractivity contribution in [2.75, 3.05) is 11.9 Å². The Bertz CT molecular complexity index is 149. The fourth-order valence-electron chi connectivity index (χ4n) is 1.53. The molecule has 0 aromatic carbocycles. The summed E-state index contributed by atoms with van der Waals surface area (Å²) in [6.45, 7) is 2.88. The first-order valence-corrected chi connectivity index (χ1v) is 5.27. The van der Waals surface area contributed by atoms with Crippen molar-refractivity contribution in [3.63, 3.8) is 0 Å². The summed E-state index contributed by atoms with van der Waals surface area (Å²) in [7, 11) is 0. The molecule has 0 unspecified atom stereocenters. The van der Waals surface area contributed by atoms with Gasteiger partial charge in [0.1, 0.15) is 0 Å². The van der Waals surface area contributed by atoms with Gasteiger partial charge in [-0.3, -0.25) is 4.79 Å². The van der Waals surface area contributed by atoms with Crippen molar-refractivity contribution < 1.29 is 4.79 Å². The standard InChI is InChI=1S/C8H14BrNO/c1-2-8(11)10-5-3-4-7(10)6-9/h7H,2-6H2,1H3/t7-/m1/s1. The molecule has 1 amide bonds. The normalized spacial score (nSPS) is 24.2. The van der Waals surface area contributed by atoms with E-state index in [1.807, 2.05) is 11.8 Å². The maximum atomic E-state index is 11.3. The van der Waals surface area contributed by atoms with Crippen molar-refractivity contribution in [3.05, 3.63) is 0 Å². The lowest BCUT2D eigenvalue weighted by atomic mass is 10.2. The van der Waals surface area contributed by atoms with Gasteiger partial charge in [0.05, 0.1) is 0 Å². The average Bonchev–Trinajstić information content (AvgIpc) is 2.50. The van der Waals surface area contributed by atoms with Gasteiger partial charge in [0, 0.05) is 24.3 Å². The van der Waals surface area contributed by atoms with Crippen molar-refractivity contribution >= 4 is 21.8 Å². The maximum absolute atomic E-state index is 11.3. The SMILES string of the molecule is CCC(=O)N1CCC[C@@H]1CBr. The second-order valence-electron chi connectivity index (χ2n) is 2.89. The lowest BCUT2D eigenvalue weighted by Crippen LogP contribution is -2.35. The fraction of sp³-hybridized carbons (Fsp3) is 0.875. The van der Waals surface area contributed by atoms with E-state index >= 15 is 0 Å². The monoisotopic (exact) mass is 219 g/mol. The molecule has 0 saturated carbocycles. The van der Waals surface area contributed by atoms with Crippen LogP contribution in [-0.4, -0.2) is 28.7 Å². The molecule has 64 valence electrons. The third-order valence-electron chi connectivity index (χ3n) is 2.18. The highest BCUT2D eigenvalue weighted by Crippen LogP contribution is 2.19. The van der Waals surface area contributed by atoms with Crippen LogP contribution in [0.3, 0.4) is 0 Å². The van der Waals surface area contributed by atoms with E-state index in [2.05, 4.69) is 15.9 Å². The third-order valence-corrected chi connectivity index (χ3v) is 2.93. The number of hydrogen-bond donors (Lipinski definition) is 0. The van der Waals surface area contributed by atoms with Crippen LogP contribution in [0.1, 0.15) is 26.2 Å². The van der Waals surface area contributed by atoms with Crippen molar-refractivity contribution in [2.45, 2.75) is 32.2 Å². The highest BCUT2D eigenvalue weighted by Gasteiger charge is 2.26. The van der Waals surface area contributed by atoms with Crippen molar-refractivity contribution in [1.82, 2.24) is 4.90 Å². The Balaban J connectivity index is 2.49. The first-order valence-electron chi connectivity index (χ1n) is 4.15. The van der Waals surface area contributed by atoms with Gasteiger partial charge in [-0.1, -0.05) is 22.9 Å². The molecule has 1 saturated heterocycles. The molecule has 0 N–H and O–H groups in total. The van der Waals surface area contributed by atoms with E-state index in [4.69, 9.17) is 0 Å². The van der Waals surface area contributed by atoms with Gasteiger partial charge in [-0.2, -0.15) is 0 Å². The number of amides is 1. The van der Waals surface area contributed by atoms with Crippen molar-refractivity contribution in [2.24, 2.45) is 0 Å². The molecule has 0 aromatic heterocycles. The molecule has 0 aromatic rings. The minimum Gasteiger partial charge on any atom is -0.339 e. The van der Waals surface area contributed by atoms with Crippen LogP contribution in [-0.2, 0) is 4.79 Å². The summed E-state index contributed by atoms with van der Waals surface area (Å²) in [6, 6.07) is 0.461. The number of carbonyl (C=O) groups is 1. The predicted molar refractivity (Wildman–Crippen MR) is 48.8 cm³/mol. The van der Waals surface area contributed by atoms with Crippen LogP contribution in [0.25, 0.3) is 0 Å². The molecular weight excluding hydrogens is 206 g/mol. The number of halogens is 1. The van der Waals surface area contributed by atoms with Crippen LogP contribution < -0.4 is 0 Å². The minimum absolute atomic E-state index is 0.298. The number of hydrogen-bond acceptors (Lipinski definition) is 1. The molecule has 2 nitrogen and oxygen atoms in total. The zero-order valence-corrected chi connectivity index (χ0v) is 8.43. The van der Waals surface area contributed by atoms with Crippen LogP contribution in [0.4, 0.5) is 0 Å². The molecule has 3 heteroatoms. The van der Waals surface area contributed by atoms with Crippen LogP contribution in [0.2, 0.25) is 0 Å². The highest BCUT2D eigenvalue weighted by molar-refractivity contribution is 9.09. The molecular formula is C8H14BrNO. The molecule has 11 heavy (non-hydrogen) atoms. The highest BCUT2D eigenvalue weighted by atomic mass is 79.9. The van der Waals surface area contributed by atoms with Crippen molar-refractivity contribution in [3.8, 4) is 0 Å². The lowest BCUT2D eigenvalue weighted by Gasteiger charge is -2.22. The van der Waals surface area contributed by atoms with Gasteiger partial charge in [-0.25, -0.2) is 0 Å². The second-order valence-corrected chi connectivity index (χ2v) is 3.54. The van der Waals surface area contributed by atoms with E-state index in [9.17, 15) is 4.79 Å². The predicted octanol–water partition coefficient (Wildman–Crippen LogP) is 1.78. The summed E-state index contributed by atoms with van der Waals surface area (Å²) < 4.78 is 0. The topological polar surface area (TPSA) is 20.3 Å². The molecule has 0 aliphatic carbocycles. The van der Waals surface area contributed by atoms with Gasteiger partial charge in [0.15, 0.2) is 0 Å². The molecule has 1 atom stereocenters. The lowest BCUT2D eigenvalue weighted by molar-refractivity contribution is -0.131. The van der Waals surface area contributed by atoms with Crippen LogP contribution >= 0.6 is 15.9 Å². The van der Waals surface area contributed by atoms with E-state index in [1.165, 1.54) is 6.42 Å². The second kappa shape index (κ2) is 4.10. The van der Waals surface area contributed by atoms with Crippen LogP contribution in [0.15, 0.2) is 0 Å². The third kappa shape index (κ3) is 1.95. The number of likely N-dealkylation sites (tertiary alicyclic amines) is 1. The van der Waals surface area contributed by atoms with E-state index in [0.29, 0.717) is 18.4 Å². The van der Waals surface area contributed by atoms with E-state index in [-0.39, 0.29) is 0 Å². The summed E-state index contributed by atoms with van der Waals surface area (Å²) in [5, 5.41) is 0.929. The van der Waals surface area contributed by atoms with Gasteiger partial charge in [0.25, 0.3) is 0 Å². The van der Waals surface area contributed by atoms with E-state index in [0.717, 1.165) is 18.3 Å². The van der Waals surface area contributed by atoms with Gasteiger partial charge >= 0.3 is 0 Å². The van der Waals surface area contributed by atoms with Crippen LogP contribution in [0, 0.1) is 0 Å². The Morgan fingerprint density at radius 1 is 1.73 bits per heavy atom. The summed E-state index contributed by atoms with van der Waals surface area (Å²) in [5.74, 6) is 0.298. The number of alkyl halides is 1. The molecule has 0 spiro atoms. The molecule has 1 heterocycles. The molecule has 1 aliphatic rings. The summed E-state index contributed by atoms with van der Waals surface area (Å²) in [4.78, 5) is 13.3. The van der Waals surface area contributed by atoms with E-state index < -0.39 is 0 Å². The number of carbonyl (C=O) groups excluding carboxylic acids is 1. The van der Waals surface area contributed by atoms with Gasteiger partial charge < -0.3 is 4.90 Å². The molecule has 1 fully saturated rings. The Labute approximate surface area is 76.1 Å². The first kappa shape index (κ1) is 9.04. The Hall–Kier alpha value is -0.0500. The van der Waals surface area contributed by atoms with Gasteiger partial charge in [0.2, 0.25) is 5.91 Å². The fourth-order valence-corrected chi connectivity index (χ4v) is 2.20. The smallest absolute Gasteiger partial charge is 0.222 e.